The van der Waals surface area contributed by atoms with Gasteiger partial charge in [0.05, 0.1) is 6.20 Å². The lowest BCUT2D eigenvalue weighted by Gasteiger charge is -2.01. The highest BCUT2D eigenvalue weighted by Gasteiger charge is 2.06. The van der Waals surface area contributed by atoms with Crippen molar-refractivity contribution < 1.29 is 14.7 Å². The Morgan fingerprint density at radius 3 is 2.16 bits per heavy atom. The molecule has 1 aromatic heterocycles. The fourth-order valence-corrected chi connectivity index (χ4v) is 1.84. The molecule has 0 radical (unpaired) electrons. The Bertz CT molecular complexity index is 393. The van der Waals surface area contributed by atoms with E-state index in [4.69, 9.17) is 5.11 Å². The lowest BCUT2D eigenvalue weighted by atomic mass is 10.1. The second-order valence-electron chi connectivity index (χ2n) is 4.53. The van der Waals surface area contributed by atoms with E-state index in [1.54, 1.807) is 6.20 Å². The van der Waals surface area contributed by atoms with Gasteiger partial charge in [0.15, 0.2) is 5.78 Å². The molecular formula is C14H20N2O3. The van der Waals surface area contributed by atoms with Crippen molar-refractivity contribution in [2.75, 3.05) is 0 Å². The molecule has 1 aromatic rings. The molecule has 0 fully saturated rings. The lowest BCUT2D eigenvalue weighted by Crippen LogP contribution is -2.02. The maximum absolute atomic E-state index is 11.7. The summed E-state index contributed by atoms with van der Waals surface area (Å²) in [5, 5.41) is 8.48. The predicted octanol–water partition coefficient (Wildman–Crippen LogP) is 2.86. The average molecular weight is 264 g/mol. The van der Waals surface area contributed by atoms with E-state index in [9.17, 15) is 9.59 Å². The molecular weight excluding hydrogens is 244 g/mol. The van der Waals surface area contributed by atoms with Crippen LogP contribution in [0.5, 0.6) is 0 Å². The molecule has 0 aliphatic heterocycles. The summed E-state index contributed by atoms with van der Waals surface area (Å²) in [6.07, 6.45) is 11.0. The van der Waals surface area contributed by atoms with Crippen LogP contribution in [0.2, 0.25) is 0 Å². The third-order valence-corrected chi connectivity index (χ3v) is 2.89. The van der Waals surface area contributed by atoms with Gasteiger partial charge in [0.1, 0.15) is 5.69 Å². The van der Waals surface area contributed by atoms with E-state index in [0.717, 1.165) is 38.5 Å². The highest BCUT2D eigenvalue weighted by molar-refractivity contribution is 5.93. The lowest BCUT2D eigenvalue weighted by molar-refractivity contribution is -0.137. The number of nitrogens with zero attached hydrogens (tertiary/aromatic N) is 2. The highest BCUT2D eigenvalue weighted by atomic mass is 16.4. The molecule has 104 valence electrons. The Kier molecular flexibility index (Phi) is 7.39. The third kappa shape index (κ3) is 7.28. The molecule has 0 bridgehead atoms. The van der Waals surface area contributed by atoms with Crippen LogP contribution >= 0.6 is 0 Å². The minimum atomic E-state index is -0.727. The number of rotatable bonds is 10. The SMILES string of the molecule is O=C(O)CCCCCCCCC(=O)c1cnccn1. The minimum Gasteiger partial charge on any atom is -0.481 e. The zero-order chi connectivity index (χ0) is 13.9. The molecule has 1 N–H and O–H groups in total. The Morgan fingerprint density at radius 2 is 1.58 bits per heavy atom. The molecule has 5 heteroatoms. The summed E-state index contributed by atoms with van der Waals surface area (Å²) < 4.78 is 0. The van der Waals surface area contributed by atoms with Crippen LogP contribution in [0.4, 0.5) is 0 Å². The largest absolute Gasteiger partial charge is 0.481 e. The molecule has 0 spiro atoms. The van der Waals surface area contributed by atoms with Crippen LogP contribution < -0.4 is 0 Å². The molecule has 1 heterocycles. The topological polar surface area (TPSA) is 80.1 Å². The van der Waals surface area contributed by atoms with Crippen LogP contribution in [-0.2, 0) is 4.79 Å². The van der Waals surface area contributed by atoms with Gasteiger partial charge in [0.25, 0.3) is 0 Å². The first kappa shape index (κ1) is 15.3. The van der Waals surface area contributed by atoms with Gasteiger partial charge in [-0.25, -0.2) is 4.98 Å². The number of aliphatic carboxylic acids is 1. The number of Topliss-reactive ketones (excluding diaryl/α,β-unsaturated/α-hetero) is 1. The van der Waals surface area contributed by atoms with Crippen LogP contribution in [0.3, 0.4) is 0 Å². The van der Waals surface area contributed by atoms with Gasteiger partial charge in [-0.1, -0.05) is 25.7 Å². The van der Waals surface area contributed by atoms with Crippen molar-refractivity contribution in [1.29, 1.82) is 0 Å². The van der Waals surface area contributed by atoms with Gasteiger partial charge in [-0.2, -0.15) is 0 Å². The molecule has 0 saturated carbocycles. The number of carboxylic acid groups (broad SMARTS) is 1. The van der Waals surface area contributed by atoms with Gasteiger partial charge in [-0.15, -0.1) is 0 Å². The van der Waals surface area contributed by atoms with Gasteiger partial charge >= 0.3 is 5.97 Å². The van der Waals surface area contributed by atoms with Crippen LogP contribution in [0.1, 0.15) is 61.9 Å². The fraction of sp³-hybridized carbons (Fsp3) is 0.571. The van der Waals surface area contributed by atoms with Crippen LogP contribution in [0.25, 0.3) is 0 Å². The molecule has 0 saturated heterocycles. The number of hydrogen-bond acceptors (Lipinski definition) is 4. The quantitative estimate of drug-likeness (QED) is 0.519. The monoisotopic (exact) mass is 264 g/mol. The summed E-state index contributed by atoms with van der Waals surface area (Å²) in [6.45, 7) is 0. The molecule has 0 unspecified atom stereocenters. The maximum atomic E-state index is 11.7. The van der Waals surface area contributed by atoms with Gasteiger partial charge in [-0.05, 0) is 12.8 Å². The zero-order valence-electron chi connectivity index (χ0n) is 11.0. The Hall–Kier alpha value is -1.78. The predicted molar refractivity (Wildman–Crippen MR) is 70.9 cm³/mol. The highest BCUT2D eigenvalue weighted by Crippen LogP contribution is 2.10. The average Bonchev–Trinajstić information content (AvgIpc) is 2.42. The van der Waals surface area contributed by atoms with Crippen molar-refractivity contribution in [3.8, 4) is 0 Å². The molecule has 5 nitrogen and oxygen atoms in total. The minimum absolute atomic E-state index is 0.0407. The summed E-state index contributed by atoms with van der Waals surface area (Å²) in [7, 11) is 0. The second-order valence-corrected chi connectivity index (χ2v) is 4.53. The number of aromatic nitrogens is 2. The molecule has 0 aliphatic carbocycles. The smallest absolute Gasteiger partial charge is 0.303 e. The number of carbonyl (C=O) groups excluding carboxylic acids is 1. The van der Waals surface area contributed by atoms with E-state index >= 15 is 0 Å². The first-order chi connectivity index (χ1) is 9.20. The van der Waals surface area contributed by atoms with E-state index in [1.165, 1.54) is 12.4 Å². The zero-order valence-corrected chi connectivity index (χ0v) is 11.0. The summed E-state index contributed by atoms with van der Waals surface area (Å²) in [5.41, 5.74) is 0.434. The summed E-state index contributed by atoms with van der Waals surface area (Å²) in [5.74, 6) is -0.687. The molecule has 19 heavy (non-hydrogen) atoms. The fourth-order valence-electron chi connectivity index (χ4n) is 1.84. The van der Waals surface area contributed by atoms with Crippen molar-refractivity contribution >= 4 is 11.8 Å². The number of ketones is 1. The first-order valence-electron chi connectivity index (χ1n) is 6.71. The van der Waals surface area contributed by atoms with E-state index in [1.807, 2.05) is 0 Å². The van der Waals surface area contributed by atoms with Crippen molar-refractivity contribution in [2.45, 2.75) is 51.4 Å². The Labute approximate surface area is 113 Å². The van der Waals surface area contributed by atoms with Gasteiger partial charge in [0.2, 0.25) is 0 Å². The number of carbonyl (C=O) groups is 2. The molecule has 0 aromatic carbocycles. The summed E-state index contributed by atoms with van der Waals surface area (Å²) in [4.78, 5) is 29.8. The first-order valence-corrected chi connectivity index (χ1v) is 6.71. The molecule has 1 rings (SSSR count). The maximum Gasteiger partial charge on any atom is 0.303 e. The van der Waals surface area contributed by atoms with Gasteiger partial charge in [0, 0.05) is 25.2 Å². The van der Waals surface area contributed by atoms with Crippen molar-refractivity contribution in [1.82, 2.24) is 9.97 Å². The number of hydrogen-bond donors (Lipinski definition) is 1. The number of carboxylic acids is 1. The van der Waals surface area contributed by atoms with Crippen molar-refractivity contribution in [2.24, 2.45) is 0 Å². The molecule has 0 atom stereocenters. The third-order valence-electron chi connectivity index (χ3n) is 2.89. The van der Waals surface area contributed by atoms with E-state index in [-0.39, 0.29) is 12.2 Å². The standard InChI is InChI=1S/C14H20N2O3/c17-13(12-11-15-9-10-16-12)7-5-3-1-2-4-6-8-14(18)19/h9-11H,1-8H2,(H,18,19). The van der Waals surface area contributed by atoms with Crippen molar-refractivity contribution in [3.63, 3.8) is 0 Å². The van der Waals surface area contributed by atoms with Crippen LogP contribution in [0.15, 0.2) is 18.6 Å². The van der Waals surface area contributed by atoms with Crippen LogP contribution in [0, 0.1) is 0 Å². The molecule has 0 aliphatic rings. The normalized spacial score (nSPS) is 10.3. The van der Waals surface area contributed by atoms with E-state index < -0.39 is 5.97 Å². The van der Waals surface area contributed by atoms with E-state index in [0.29, 0.717) is 12.1 Å². The molecule has 0 amide bonds. The summed E-state index contributed by atoms with van der Waals surface area (Å²) >= 11 is 0. The van der Waals surface area contributed by atoms with Gasteiger partial charge in [-0.3, -0.25) is 14.6 Å². The Balaban J connectivity index is 1.99. The van der Waals surface area contributed by atoms with Crippen LogP contribution in [-0.4, -0.2) is 26.8 Å². The van der Waals surface area contributed by atoms with Crippen molar-refractivity contribution in [3.05, 3.63) is 24.3 Å². The van der Waals surface area contributed by atoms with Gasteiger partial charge < -0.3 is 5.11 Å². The second kappa shape index (κ2) is 9.19. The Morgan fingerprint density at radius 1 is 0.947 bits per heavy atom. The summed E-state index contributed by atoms with van der Waals surface area (Å²) in [6, 6.07) is 0. The van der Waals surface area contributed by atoms with E-state index in [2.05, 4.69) is 9.97 Å². The number of unbranched alkanes of at least 4 members (excludes halogenated alkanes) is 5.